The van der Waals surface area contributed by atoms with Crippen LogP contribution in [0.25, 0.3) is 0 Å². The number of carbonyl (C=O) groups excluding carboxylic acids is 2. The van der Waals surface area contributed by atoms with Crippen molar-refractivity contribution in [2.45, 2.75) is 31.8 Å². The van der Waals surface area contributed by atoms with Gasteiger partial charge in [-0.3, -0.25) is 14.6 Å². The van der Waals surface area contributed by atoms with Gasteiger partial charge in [-0.05, 0) is 36.8 Å². The van der Waals surface area contributed by atoms with Crippen LogP contribution in [0.4, 0.5) is 0 Å². The van der Waals surface area contributed by atoms with Crippen molar-refractivity contribution in [2.24, 2.45) is 0 Å². The van der Waals surface area contributed by atoms with Crippen molar-refractivity contribution >= 4 is 23.3 Å². The van der Waals surface area contributed by atoms with Crippen LogP contribution in [0.5, 0.6) is 5.75 Å². The van der Waals surface area contributed by atoms with Crippen molar-refractivity contribution in [1.82, 2.24) is 9.88 Å². The number of carbonyl (C=O) groups is 2. The molecule has 1 fully saturated rings. The van der Waals surface area contributed by atoms with Crippen LogP contribution in [0.15, 0.2) is 36.7 Å². The average molecular weight is 371 g/mol. The lowest BCUT2D eigenvalue weighted by molar-refractivity contribution is -0.00573. The van der Waals surface area contributed by atoms with Gasteiger partial charge in [-0.15, -0.1) is 0 Å². The Labute approximate surface area is 156 Å². The monoisotopic (exact) mass is 370 g/mol. The standard InChI is InChI=1S/C20H19ClN2O3/c1-13-9-18-15(10-16(13)21)17(24)11-20(26-18)4-7-23(8-5-20)19(25)14-3-2-6-22-12-14/h2-3,6,9-10,12H,4-5,7-8,11H2,1H3. The summed E-state index contributed by atoms with van der Waals surface area (Å²) in [6.45, 7) is 3.01. The summed E-state index contributed by atoms with van der Waals surface area (Å²) in [4.78, 5) is 31.0. The van der Waals surface area contributed by atoms with Gasteiger partial charge in [0, 0.05) is 43.3 Å². The van der Waals surface area contributed by atoms with E-state index in [0.29, 0.717) is 54.3 Å². The molecule has 0 N–H and O–H groups in total. The highest BCUT2D eigenvalue weighted by atomic mass is 35.5. The van der Waals surface area contributed by atoms with Crippen molar-refractivity contribution in [3.8, 4) is 5.75 Å². The summed E-state index contributed by atoms with van der Waals surface area (Å²) in [5.41, 5.74) is 1.50. The third-order valence-electron chi connectivity index (χ3n) is 5.24. The minimum absolute atomic E-state index is 0.0295. The van der Waals surface area contributed by atoms with Gasteiger partial charge in [-0.25, -0.2) is 0 Å². The van der Waals surface area contributed by atoms with Crippen LogP contribution < -0.4 is 4.74 Å². The van der Waals surface area contributed by atoms with Gasteiger partial charge < -0.3 is 9.64 Å². The number of pyridine rings is 1. The molecule has 1 aromatic carbocycles. The first-order valence-corrected chi connectivity index (χ1v) is 9.07. The smallest absolute Gasteiger partial charge is 0.255 e. The molecule has 26 heavy (non-hydrogen) atoms. The topological polar surface area (TPSA) is 59.5 Å². The number of aromatic nitrogens is 1. The van der Waals surface area contributed by atoms with Gasteiger partial charge in [0.1, 0.15) is 11.4 Å². The Kier molecular flexibility index (Phi) is 4.19. The molecule has 2 aliphatic heterocycles. The molecule has 2 aromatic rings. The number of halogens is 1. The third-order valence-corrected chi connectivity index (χ3v) is 5.65. The molecular weight excluding hydrogens is 352 g/mol. The van der Waals surface area contributed by atoms with Gasteiger partial charge >= 0.3 is 0 Å². The fraction of sp³-hybridized carbons (Fsp3) is 0.350. The third kappa shape index (κ3) is 2.97. The van der Waals surface area contributed by atoms with E-state index in [9.17, 15) is 9.59 Å². The Balaban J connectivity index is 1.51. The maximum atomic E-state index is 12.6. The zero-order valence-corrected chi connectivity index (χ0v) is 15.3. The van der Waals surface area contributed by atoms with Gasteiger partial charge in [0.05, 0.1) is 17.5 Å². The number of hydrogen-bond acceptors (Lipinski definition) is 4. The van der Waals surface area contributed by atoms with Crippen molar-refractivity contribution < 1.29 is 14.3 Å². The Morgan fingerprint density at radius 2 is 2.08 bits per heavy atom. The molecule has 4 rings (SSSR count). The van der Waals surface area contributed by atoms with Crippen molar-refractivity contribution in [1.29, 1.82) is 0 Å². The fourth-order valence-electron chi connectivity index (χ4n) is 3.68. The maximum absolute atomic E-state index is 12.6. The number of fused-ring (bicyclic) bond motifs is 1. The van der Waals surface area contributed by atoms with E-state index in [1.165, 1.54) is 0 Å². The van der Waals surface area contributed by atoms with E-state index >= 15 is 0 Å². The van der Waals surface area contributed by atoms with Crippen LogP contribution >= 0.6 is 11.6 Å². The molecule has 5 nitrogen and oxygen atoms in total. The average Bonchev–Trinajstić information content (AvgIpc) is 2.64. The number of rotatable bonds is 1. The maximum Gasteiger partial charge on any atom is 0.255 e. The van der Waals surface area contributed by atoms with Gasteiger partial charge in [0.25, 0.3) is 5.91 Å². The minimum atomic E-state index is -0.532. The summed E-state index contributed by atoms with van der Waals surface area (Å²) in [5, 5.41) is 0.577. The normalized spacial score (nSPS) is 18.4. The van der Waals surface area contributed by atoms with Gasteiger partial charge in [0.15, 0.2) is 5.78 Å². The quantitative estimate of drug-likeness (QED) is 0.768. The zero-order chi connectivity index (χ0) is 18.3. The number of amides is 1. The SMILES string of the molecule is Cc1cc2c(cc1Cl)C(=O)CC1(CCN(C(=O)c3cccnc3)CC1)O2. The largest absolute Gasteiger partial charge is 0.486 e. The van der Waals surface area contributed by atoms with Crippen LogP contribution in [0, 0.1) is 6.92 Å². The number of piperidine rings is 1. The number of benzene rings is 1. The Morgan fingerprint density at radius 3 is 2.77 bits per heavy atom. The second-order valence-corrected chi connectivity index (χ2v) is 7.42. The zero-order valence-electron chi connectivity index (χ0n) is 14.5. The van der Waals surface area contributed by atoms with Crippen molar-refractivity contribution in [2.75, 3.05) is 13.1 Å². The molecule has 134 valence electrons. The predicted octanol–water partition coefficient (Wildman–Crippen LogP) is 3.68. The molecular formula is C20H19ClN2O3. The second-order valence-electron chi connectivity index (χ2n) is 7.02. The highest BCUT2D eigenvalue weighted by Crippen LogP contribution is 2.41. The number of likely N-dealkylation sites (tertiary alicyclic amines) is 1. The predicted molar refractivity (Wildman–Crippen MR) is 97.9 cm³/mol. The van der Waals surface area contributed by atoms with Crippen LogP contribution in [-0.2, 0) is 0 Å². The highest BCUT2D eigenvalue weighted by molar-refractivity contribution is 6.31. The number of ether oxygens (including phenoxy) is 1. The number of hydrogen-bond donors (Lipinski definition) is 0. The van der Waals surface area contributed by atoms with Crippen molar-refractivity contribution in [3.63, 3.8) is 0 Å². The van der Waals surface area contributed by atoms with Crippen LogP contribution in [0.3, 0.4) is 0 Å². The number of Topliss-reactive ketones (excluding diaryl/α,β-unsaturated/α-hetero) is 1. The summed E-state index contributed by atoms with van der Waals surface area (Å²) in [6, 6.07) is 7.06. The molecule has 0 radical (unpaired) electrons. The number of aryl methyl sites for hydroxylation is 1. The van der Waals surface area contributed by atoms with Crippen molar-refractivity contribution in [3.05, 3.63) is 58.4 Å². The lowest BCUT2D eigenvalue weighted by atomic mass is 9.82. The molecule has 1 aromatic heterocycles. The summed E-state index contributed by atoms with van der Waals surface area (Å²) >= 11 is 6.14. The molecule has 3 heterocycles. The van der Waals surface area contributed by atoms with E-state index in [2.05, 4.69) is 4.98 Å². The summed E-state index contributed by atoms with van der Waals surface area (Å²) in [6.07, 6.45) is 4.82. The molecule has 6 heteroatoms. The first-order valence-electron chi connectivity index (χ1n) is 8.69. The molecule has 0 aliphatic carbocycles. The van der Waals surface area contributed by atoms with Crippen LogP contribution in [0.1, 0.15) is 45.5 Å². The van der Waals surface area contributed by atoms with E-state index in [-0.39, 0.29) is 11.7 Å². The molecule has 1 spiro atoms. The first-order chi connectivity index (χ1) is 12.5. The Hall–Kier alpha value is -2.40. The molecule has 0 unspecified atom stereocenters. The van der Waals surface area contributed by atoms with Gasteiger partial charge in [0.2, 0.25) is 0 Å². The summed E-state index contributed by atoms with van der Waals surface area (Å²) in [5.74, 6) is 0.633. The van der Waals surface area contributed by atoms with Crippen LogP contribution in [-0.4, -0.2) is 40.3 Å². The van der Waals surface area contributed by atoms with Gasteiger partial charge in [-0.2, -0.15) is 0 Å². The van der Waals surface area contributed by atoms with Crippen LogP contribution in [0.2, 0.25) is 5.02 Å². The molecule has 0 atom stereocenters. The van der Waals surface area contributed by atoms with E-state index in [1.54, 1.807) is 35.5 Å². The fourth-order valence-corrected chi connectivity index (χ4v) is 3.85. The lowest BCUT2D eigenvalue weighted by Gasteiger charge is -2.44. The Morgan fingerprint density at radius 1 is 1.31 bits per heavy atom. The lowest BCUT2D eigenvalue weighted by Crippen LogP contribution is -2.52. The molecule has 0 bridgehead atoms. The molecule has 1 amide bonds. The number of nitrogens with zero attached hydrogens (tertiary/aromatic N) is 2. The summed E-state index contributed by atoms with van der Waals surface area (Å²) < 4.78 is 6.27. The molecule has 2 aliphatic rings. The van der Waals surface area contributed by atoms with E-state index in [0.717, 1.165) is 5.56 Å². The Bertz CT molecular complexity index is 874. The second kappa shape index (κ2) is 6.40. The molecule has 1 saturated heterocycles. The van der Waals surface area contributed by atoms with E-state index < -0.39 is 5.60 Å². The number of ketones is 1. The molecule has 0 saturated carbocycles. The summed E-state index contributed by atoms with van der Waals surface area (Å²) in [7, 11) is 0. The van der Waals surface area contributed by atoms with E-state index in [1.807, 2.05) is 13.0 Å². The minimum Gasteiger partial charge on any atom is -0.486 e. The first kappa shape index (κ1) is 17.0. The highest BCUT2D eigenvalue weighted by Gasteiger charge is 2.43. The van der Waals surface area contributed by atoms with Gasteiger partial charge in [-0.1, -0.05) is 11.6 Å². The van der Waals surface area contributed by atoms with E-state index in [4.69, 9.17) is 16.3 Å².